The number of esters is 1. The molecule has 0 saturated heterocycles. The maximum atomic E-state index is 12.7. The lowest BCUT2D eigenvalue weighted by Gasteiger charge is -2.39. The van der Waals surface area contributed by atoms with E-state index in [0.29, 0.717) is 0 Å². The maximum Gasteiger partial charge on any atom is 0.512 e. The van der Waals surface area contributed by atoms with Gasteiger partial charge < -0.3 is 17.1 Å². The predicted molar refractivity (Wildman–Crippen MR) is 116 cm³/mol. The van der Waals surface area contributed by atoms with Crippen molar-refractivity contribution < 1.29 is 61.4 Å². The Morgan fingerprint density at radius 2 is 1.06 bits per heavy atom. The fourth-order valence-electron chi connectivity index (χ4n) is 2.44. The van der Waals surface area contributed by atoms with Crippen molar-refractivity contribution in [1.82, 2.24) is 0 Å². The molecule has 0 aromatic heterocycles. The van der Waals surface area contributed by atoms with Crippen LogP contribution in [-0.2, 0) is 21.9 Å². The van der Waals surface area contributed by atoms with Crippen LogP contribution in [0.15, 0.2) is 12.7 Å². The second-order valence-corrected chi connectivity index (χ2v) is 17.8. The van der Waals surface area contributed by atoms with Gasteiger partial charge in [0.2, 0.25) is 0 Å². The summed E-state index contributed by atoms with van der Waals surface area (Å²) >= 11 is 0. The predicted octanol–water partition coefficient (Wildman–Crippen LogP) is 6.35. The molecule has 0 rings (SSSR count). The monoisotopic (exact) mass is 595 g/mol. The van der Waals surface area contributed by atoms with E-state index in [1.54, 1.807) is 0 Å². The van der Waals surface area contributed by atoms with E-state index in [1.165, 1.54) is 26.6 Å². The highest BCUT2D eigenvalue weighted by molar-refractivity contribution is 6.81. The zero-order chi connectivity index (χ0) is 27.7. The Balaban J connectivity index is 6.03. The molecule has 0 aromatic carbocycles. The standard InChI is InChI=1S/C17H28F9O5Si4/c1-6-14(27)28-13(2)35(29-32(3)10-7-15(18,19)20,30-33(4)11-8-16(21,22)23)31-34(5)12-9-17(24,25)26/h6,13H,1,7-12H2,2-5H3. The molecule has 0 bridgehead atoms. The van der Waals surface area contributed by atoms with Crippen molar-refractivity contribution in [2.24, 2.45) is 0 Å². The summed E-state index contributed by atoms with van der Waals surface area (Å²) in [7, 11) is -11.5. The molecular formula is C17H28F9O5Si4. The summed E-state index contributed by atoms with van der Waals surface area (Å²) in [6, 6.07) is -1.46. The number of hydrogen-bond acceptors (Lipinski definition) is 5. The number of alkyl halides is 9. The smallest absolute Gasteiger partial charge is 0.455 e. The average Bonchev–Trinajstić information content (AvgIpc) is 2.67. The highest BCUT2D eigenvalue weighted by Gasteiger charge is 2.53. The van der Waals surface area contributed by atoms with Crippen LogP contribution in [0.3, 0.4) is 0 Å². The fourth-order valence-corrected chi connectivity index (χ4v) is 15.3. The summed E-state index contributed by atoms with van der Waals surface area (Å²) < 4.78 is 137. The van der Waals surface area contributed by atoms with E-state index in [2.05, 4.69) is 6.58 Å². The van der Waals surface area contributed by atoms with Gasteiger partial charge in [0.05, 0.1) is 0 Å². The fraction of sp³-hybridized carbons (Fsp3) is 0.824. The Morgan fingerprint density at radius 3 is 1.29 bits per heavy atom. The van der Waals surface area contributed by atoms with Crippen LogP contribution in [-0.4, -0.2) is 66.2 Å². The number of carbonyl (C=O) groups is 1. The first-order chi connectivity index (χ1) is 15.7. The Morgan fingerprint density at radius 1 is 0.771 bits per heavy atom. The summed E-state index contributed by atoms with van der Waals surface area (Å²) in [5.74, 6) is -0.995. The van der Waals surface area contributed by atoms with Crippen LogP contribution in [0.25, 0.3) is 0 Å². The number of rotatable bonds is 15. The van der Waals surface area contributed by atoms with Gasteiger partial charge >= 0.3 is 33.3 Å². The van der Waals surface area contributed by atoms with Gasteiger partial charge in [-0.05, 0) is 44.7 Å². The van der Waals surface area contributed by atoms with Crippen molar-refractivity contribution in [2.45, 2.75) is 88.2 Å². The molecular weight excluding hydrogens is 568 g/mol. The van der Waals surface area contributed by atoms with Gasteiger partial charge in [0.1, 0.15) is 0 Å². The van der Waals surface area contributed by atoms with Crippen molar-refractivity contribution >= 4 is 41.9 Å². The van der Waals surface area contributed by atoms with Gasteiger partial charge in [0.15, 0.2) is 32.8 Å². The topological polar surface area (TPSA) is 54.0 Å². The highest BCUT2D eigenvalue weighted by atomic mass is 28.5. The van der Waals surface area contributed by atoms with Crippen molar-refractivity contribution in [3.8, 4) is 0 Å². The summed E-state index contributed by atoms with van der Waals surface area (Å²) in [5.41, 5.74) is -1.41. The molecule has 0 aliphatic carbocycles. The number of ether oxygens (including phenoxy) is 1. The average molecular weight is 596 g/mol. The molecule has 0 N–H and O–H groups in total. The minimum Gasteiger partial charge on any atom is -0.455 e. The van der Waals surface area contributed by atoms with Gasteiger partial charge in [-0.3, -0.25) is 0 Å². The van der Waals surface area contributed by atoms with E-state index in [4.69, 9.17) is 17.1 Å². The molecule has 0 heterocycles. The lowest BCUT2D eigenvalue weighted by atomic mass is 10.5. The molecule has 205 valence electrons. The third kappa shape index (κ3) is 16.6. The van der Waals surface area contributed by atoms with Gasteiger partial charge in [-0.15, -0.1) is 0 Å². The second-order valence-electron chi connectivity index (χ2n) is 7.64. The van der Waals surface area contributed by atoms with Crippen LogP contribution in [0.2, 0.25) is 37.8 Å². The molecule has 0 fully saturated rings. The lowest BCUT2D eigenvalue weighted by molar-refractivity contribution is -0.140. The first-order valence-corrected chi connectivity index (χ1v) is 18.4. The van der Waals surface area contributed by atoms with Crippen LogP contribution in [0.5, 0.6) is 0 Å². The minimum atomic E-state index is -4.51. The summed E-state index contributed by atoms with van der Waals surface area (Å²) in [5, 5.41) is 0. The molecule has 1 unspecified atom stereocenters. The molecule has 3 radical (unpaired) electrons. The van der Waals surface area contributed by atoms with E-state index in [9.17, 15) is 44.3 Å². The van der Waals surface area contributed by atoms with Crippen LogP contribution in [0.1, 0.15) is 26.2 Å². The van der Waals surface area contributed by atoms with E-state index < -0.39 is 104 Å². The van der Waals surface area contributed by atoms with E-state index >= 15 is 0 Å². The summed E-state index contributed by atoms with van der Waals surface area (Å²) in [6.45, 7) is 8.44. The third-order valence-electron chi connectivity index (χ3n) is 4.19. The van der Waals surface area contributed by atoms with Gasteiger partial charge in [-0.25, -0.2) is 4.79 Å². The molecule has 0 aromatic rings. The zero-order valence-electron chi connectivity index (χ0n) is 19.5. The van der Waals surface area contributed by atoms with Crippen LogP contribution >= 0.6 is 0 Å². The van der Waals surface area contributed by atoms with Crippen molar-refractivity contribution in [3.63, 3.8) is 0 Å². The van der Waals surface area contributed by atoms with Crippen molar-refractivity contribution in [2.75, 3.05) is 0 Å². The van der Waals surface area contributed by atoms with Crippen LogP contribution in [0.4, 0.5) is 39.5 Å². The van der Waals surface area contributed by atoms with E-state index in [1.807, 2.05) is 0 Å². The summed E-state index contributed by atoms with van der Waals surface area (Å²) in [4.78, 5) is 11.8. The number of carbonyl (C=O) groups excluding carboxylic acids is 1. The molecule has 0 spiro atoms. The lowest BCUT2D eigenvalue weighted by Crippen LogP contribution is -2.62. The normalized spacial score (nSPS) is 14.6. The van der Waals surface area contributed by atoms with Gasteiger partial charge in [-0.2, -0.15) is 39.5 Å². The quantitative estimate of drug-likeness (QED) is 0.0956. The SMILES string of the molecule is C=CC(=O)OC(C)[Si](O[Si](C)CCC(F)(F)F)(O[Si](C)CCC(F)(F)F)O[Si](C)CCC(F)(F)F. The van der Waals surface area contributed by atoms with Gasteiger partial charge in [0.25, 0.3) is 0 Å². The number of hydrogen-bond donors (Lipinski definition) is 0. The Bertz CT molecular complexity index is 597. The van der Waals surface area contributed by atoms with Gasteiger partial charge in [0, 0.05) is 25.3 Å². The van der Waals surface area contributed by atoms with Crippen LogP contribution in [0, 0.1) is 0 Å². The second kappa shape index (κ2) is 14.3. The molecule has 35 heavy (non-hydrogen) atoms. The van der Waals surface area contributed by atoms with Gasteiger partial charge in [-0.1, -0.05) is 6.58 Å². The van der Waals surface area contributed by atoms with Crippen LogP contribution < -0.4 is 0 Å². The Hall–Kier alpha value is -0.672. The molecule has 0 aliphatic rings. The first-order valence-electron chi connectivity index (χ1n) is 10.3. The molecule has 0 saturated carbocycles. The summed E-state index contributed by atoms with van der Waals surface area (Å²) in [6.07, 6.45) is -16.4. The Labute approximate surface area is 204 Å². The first kappa shape index (κ1) is 34.3. The zero-order valence-corrected chi connectivity index (χ0v) is 23.5. The largest absolute Gasteiger partial charge is 0.512 e. The molecule has 0 amide bonds. The minimum absolute atomic E-state index is 0.486. The molecule has 0 aliphatic heterocycles. The number of halogens is 9. The molecule has 1 atom stereocenters. The molecule has 5 nitrogen and oxygen atoms in total. The third-order valence-corrected chi connectivity index (χ3v) is 15.8. The van der Waals surface area contributed by atoms with E-state index in [-0.39, 0.29) is 0 Å². The van der Waals surface area contributed by atoms with Crippen molar-refractivity contribution in [1.29, 1.82) is 0 Å². The highest BCUT2D eigenvalue weighted by Crippen LogP contribution is 2.30. The Kier molecular flexibility index (Phi) is 14.0. The van der Waals surface area contributed by atoms with Crippen molar-refractivity contribution in [3.05, 3.63) is 12.7 Å². The molecule has 18 heteroatoms. The maximum absolute atomic E-state index is 12.7. The van der Waals surface area contributed by atoms with E-state index in [0.717, 1.165) is 6.08 Å².